The number of benzene rings is 1. The second-order valence-corrected chi connectivity index (χ2v) is 9.16. The number of rotatable bonds is 3. The van der Waals surface area contributed by atoms with E-state index < -0.39 is 9.84 Å². The predicted molar refractivity (Wildman–Crippen MR) is 92.3 cm³/mol. The van der Waals surface area contributed by atoms with Gasteiger partial charge in [-0.2, -0.15) is 0 Å². The van der Waals surface area contributed by atoms with Crippen molar-refractivity contribution in [2.45, 2.75) is 51.5 Å². The summed E-state index contributed by atoms with van der Waals surface area (Å²) in [5, 5.41) is 0. The van der Waals surface area contributed by atoms with Crippen LogP contribution in [0.5, 0.6) is 0 Å². The summed E-state index contributed by atoms with van der Waals surface area (Å²) in [6, 6.07) is 7.65. The zero-order valence-corrected chi connectivity index (χ0v) is 14.5. The Hall–Kier alpha value is -1.36. The van der Waals surface area contributed by atoms with Gasteiger partial charge in [0.25, 0.3) is 0 Å². The van der Waals surface area contributed by atoms with Crippen LogP contribution in [0.25, 0.3) is 0 Å². The van der Waals surface area contributed by atoms with E-state index in [4.69, 9.17) is 0 Å². The molecule has 1 aromatic carbocycles. The third-order valence-electron chi connectivity index (χ3n) is 5.08. The Bertz CT molecular complexity index is 660. The third-order valence-corrected chi connectivity index (χ3v) is 6.83. The maximum atomic E-state index is 13.1. The van der Waals surface area contributed by atoms with E-state index in [0.29, 0.717) is 6.42 Å². The van der Waals surface area contributed by atoms with Crippen LogP contribution in [0, 0.1) is 12.8 Å². The Morgan fingerprint density at radius 1 is 1.04 bits per heavy atom. The first-order chi connectivity index (χ1) is 11.0. The molecule has 1 amide bonds. The minimum absolute atomic E-state index is 0.0494. The molecule has 1 aliphatic carbocycles. The fourth-order valence-corrected chi connectivity index (χ4v) is 5.45. The molecule has 0 N–H and O–H groups in total. The second kappa shape index (κ2) is 6.63. The van der Waals surface area contributed by atoms with Gasteiger partial charge in [-0.15, -0.1) is 0 Å². The predicted octanol–water partition coefficient (Wildman–Crippen LogP) is 3.10. The van der Waals surface area contributed by atoms with Crippen LogP contribution in [0.15, 0.2) is 24.3 Å². The molecule has 2 fully saturated rings. The Morgan fingerprint density at radius 2 is 1.70 bits per heavy atom. The summed E-state index contributed by atoms with van der Waals surface area (Å²) in [5.74, 6) is 0.459. The van der Waals surface area contributed by atoms with Crippen molar-refractivity contribution < 1.29 is 13.2 Å². The highest BCUT2D eigenvalue weighted by Crippen LogP contribution is 2.31. The summed E-state index contributed by atoms with van der Waals surface area (Å²) in [7, 11) is -3.01. The number of carbonyl (C=O) groups excluding carboxylic acids is 1. The molecule has 1 atom stereocenters. The average molecular weight is 335 g/mol. The lowest BCUT2D eigenvalue weighted by Crippen LogP contribution is -2.45. The Morgan fingerprint density at radius 3 is 2.26 bits per heavy atom. The van der Waals surface area contributed by atoms with Gasteiger partial charge < -0.3 is 4.90 Å². The van der Waals surface area contributed by atoms with Crippen molar-refractivity contribution in [2.24, 2.45) is 5.92 Å². The van der Waals surface area contributed by atoms with Crippen molar-refractivity contribution in [3.05, 3.63) is 29.8 Å². The van der Waals surface area contributed by atoms with Crippen molar-refractivity contribution >= 4 is 21.4 Å². The van der Waals surface area contributed by atoms with Gasteiger partial charge in [0.15, 0.2) is 9.84 Å². The fraction of sp³-hybridized carbons (Fsp3) is 0.611. The second-order valence-electron chi connectivity index (χ2n) is 6.94. The molecule has 5 heteroatoms. The molecule has 3 rings (SSSR count). The molecule has 1 saturated heterocycles. The van der Waals surface area contributed by atoms with E-state index in [0.717, 1.165) is 36.9 Å². The summed E-state index contributed by atoms with van der Waals surface area (Å²) in [6.45, 7) is 2.01. The van der Waals surface area contributed by atoms with Crippen LogP contribution in [-0.4, -0.2) is 31.9 Å². The smallest absolute Gasteiger partial charge is 0.230 e. The Balaban J connectivity index is 1.89. The van der Waals surface area contributed by atoms with E-state index in [1.807, 2.05) is 31.2 Å². The monoisotopic (exact) mass is 335 g/mol. The van der Waals surface area contributed by atoms with E-state index in [1.54, 1.807) is 4.90 Å². The highest BCUT2D eigenvalue weighted by atomic mass is 32.2. The average Bonchev–Trinajstić information content (AvgIpc) is 2.90. The topological polar surface area (TPSA) is 54.5 Å². The molecule has 0 bridgehead atoms. The SMILES string of the molecule is Cc1ccc(N(C(=O)C2CCCCC2)C2CCS(=O)(=O)C2)cc1. The number of amides is 1. The van der Waals surface area contributed by atoms with Crippen molar-refractivity contribution in [3.63, 3.8) is 0 Å². The first-order valence-corrected chi connectivity index (χ1v) is 10.4. The molecule has 1 saturated carbocycles. The van der Waals surface area contributed by atoms with Crippen molar-refractivity contribution in [3.8, 4) is 0 Å². The molecule has 126 valence electrons. The van der Waals surface area contributed by atoms with Crippen LogP contribution < -0.4 is 4.90 Å². The Labute approximate surface area is 138 Å². The lowest BCUT2D eigenvalue weighted by Gasteiger charge is -2.33. The molecule has 1 heterocycles. The molecule has 23 heavy (non-hydrogen) atoms. The van der Waals surface area contributed by atoms with Crippen molar-refractivity contribution in [1.82, 2.24) is 0 Å². The van der Waals surface area contributed by atoms with Crippen molar-refractivity contribution in [1.29, 1.82) is 0 Å². The number of aryl methyl sites for hydroxylation is 1. The van der Waals surface area contributed by atoms with Crippen molar-refractivity contribution in [2.75, 3.05) is 16.4 Å². The van der Waals surface area contributed by atoms with Crippen LogP contribution in [0.4, 0.5) is 5.69 Å². The zero-order chi connectivity index (χ0) is 16.4. The molecule has 1 aromatic rings. The lowest BCUT2D eigenvalue weighted by molar-refractivity contribution is -0.123. The van der Waals surface area contributed by atoms with Gasteiger partial charge in [-0.1, -0.05) is 37.0 Å². The van der Waals surface area contributed by atoms with E-state index in [1.165, 1.54) is 6.42 Å². The van der Waals surface area contributed by atoms with Crippen LogP contribution in [0.2, 0.25) is 0 Å². The van der Waals surface area contributed by atoms with Crippen LogP contribution in [0.1, 0.15) is 44.1 Å². The lowest BCUT2D eigenvalue weighted by atomic mass is 9.87. The highest BCUT2D eigenvalue weighted by molar-refractivity contribution is 7.91. The largest absolute Gasteiger partial charge is 0.308 e. The minimum Gasteiger partial charge on any atom is -0.308 e. The number of nitrogens with zero attached hydrogens (tertiary/aromatic N) is 1. The first kappa shape index (κ1) is 16.5. The molecule has 4 nitrogen and oxygen atoms in total. The fourth-order valence-electron chi connectivity index (χ4n) is 3.75. The van der Waals surface area contributed by atoms with Gasteiger partial charge in [0, 0.05) is 11.6 Å². The molecule has 1 aliphatic heterocycles. The molecule has 1 unspecified atom stereocenters. The summed E-state index contributed by atoms with van der Waals surface area (Å²) in [4.78, 5) is 14.9. The van der Waals surface area contributed by atoms with Gasteiger partial charge in [-0.25, -0.2) is 8.42 Å². The van der Waals surface area contributed by atoms with E-state index in [9.17, 15) is 13.2 Å². The van der Waals surface area contributed by atoms with E-state index >= 15 is 0 Å². The maximum absolute atomic E-state index is 13.1. The molecular formula is C18H25NO3S. The highest BCUT2D eigenvalue weighted by Gasteiger charge is 2.38. The van der Waals surface area contributed by atoms with Gasteiger partial charge in [-0.3, -0.25) is 4.79 Å². The van der Waals surface area contributed by atoms with Gasteiger partial charge in [0.1, 0.15) is 0 Å². The van der Waals surface area contributed by atoms with Gasteiger partial charge >= 0.3 is 0 Å². The first-order valence-electron chi connectivity index (χ1n) is 8.56. The number of anilines is 1. The molecule has 0 aromatic heterocycles. The maximum Gasteiger partial charge on any atom is 0.230 e. The van der Waals surface area contributed by atoms with Crippen LogP contribution in [-0.2, 0) is 14.6 Å². The molecule has 0 spiro atoms. The van der Waals surface area contributed by atoms with E-state index in [-0.39, 0.29) is 29.4 Å². The minimum atomic E-state index is -3.01. The number of carbonyl (C=O) groups is 1. The third kappa shape index (κ3) is 3.77. The van der Waals surface area contributed by atoms with Crippen LogP contribution >= 0.6 is 0 Å². The summed E-state index contributed by atoms with van der Waals surface area (Å²) >= 11 is 0. The Kier molecular flexibility index (Phi) is 4.76. The number of hydrogen-bond donors (Lipinski definition) is 0. The number of sulfone groups is 1. The summed E-state index contributed by atoms with van der Waals surface area (Å²) < 4.78 is 23.8. The standard InChI is InChI=1S/C18H25NO3S/c1-14-7-9-16(10-8-14)19(17-11-12-23(21,22)13-17)18(20)15-5-3-2-4-6-15/h7-10,15,17H,2-6,11-13H2,1H3. The normalized spacial score (nSPS) is 24.5. The summed E-state index contributed by atoms with van der Waals surface area (Å²) in [6.07, 6.45) is 5.81. The van der Waals surface area contributed by atoms with Gasteiger partial charge in [0.05, 0.1) is 17.5 Å². The zero-order valence-electron chi connectivity index (χ0n) is 13.7. The molecule has 2 aliphatic rings. The quantitative estimate of drug-likeness (QED) is 0.853. The van der Waals surface area contributed by atoms with Crippen LogP contribution in [0.3, 0.4) is 0 Å². The van der Waals surface area contributed by atoms with Gasteiger partial charge in [-0.05, 0) is 38.3 Å². The number of hydrogen-bond acceptors (Lipinski definition) is 3. The summed E-state index contributed by atoms with van der Waals surface area (Å²) in [5.41, 5.74) is 1.98. The van der Waals surface area contributed by atoms with Gasteiger partial charge in [0.2, 0.25) is 5.91 Å². The molecular weight excluding hydrogens is 310 g/mol. The molecule has 0 radical (unpaired) electrons. The van der Waals surface area contributed by atoms with E-state index in [2.05, 4.69) is 0 Å².